The van der Waals surface area contributed by atoms with Crippen LogP contribution in [0.5, 0.6) is 17.2 Å². The Morgan fingerprint density at radius 3 is 2.30 bits per heavy atom. The summed E-state index contributed by atoms with van der Waals surface area (Å²) in [5.74, 6) is 1.55. The molecule has 0 aliphatic rings. The second-order valence-electron chi connectivity index (χ2n) is 5.85. The zero-order chi connectivity index (χ0) is 18.9. The Kier molecular flexibility index (Phi) is 7.02. The summed E-state index contributed by atoms with van der Waals surface area (Å²) in [7, 11) is 1.69. The van der Waals surface area contributed by atoms with Crippen LogP contribution in [0.1, 0.15) is 5.56 Å². The molecule has 0 saturated heterocycles. The number of hydrogen-bond acceptors (Lipinski definition) is 5. The van der Waals surface area contributed by atoms with E-state index in [4.69, 9.17) is 9.47 Å². The van der Waals surface area contributed by atoms with E-state index in [1.54, 1.807) is 37.1 Å². The van der Waals surface area contributed by atoms with Crippen molar-refractivity contribution >= 4 is 11.8 Å². The van der Waals surface area contributed by atoms with E-state index >= 15 is 0 Å². The fourth-order valence-electron chi connectivity index (χ4n) is 2.61. The number of methoxy groups -OCH3 is 1. The predicted octanol–water partition coefficient (Wildman–Crippen LogP) is 4.72. The average Bonchev–Trinajstić information content (AvgIpc) is 2.70. The van der Waals surface area contributed by atoms with Crippen LogP contribution in [0.25, 0.3) is 0 Å². The van der Waals surface area contributed by atoms with Crippen molar-refractivity contribution in [1.29, 1.82) is 0 Å². The topological polar surface area (TPSA) is 50.7 Å². The van der Waals surface area contributed by atoms with Crippen LogP contribution in [0.15, 0.2) is 82.6 Å². The highest BCUT2D eigenvalue weighted by atomic mass is 32.2. The Hall–Kier alpha value is -2.63. The molecule has 0 aromatic heterocycles. The fraction of sp³-hybridized carbons (Fsp3) is 0.182. The minimum atomic E-state index is 0.163. The highest BCUT2D eigenvalue weighted by molar-refractivity contribution is 7.99. The summed E-state index contributed by atoms with van der Waals surface area (Å²) in [6.07, 6.45) is 0. The normalized spacial score (nSPS) is 10.6. The van der Waals surface area contributed by atoms with Gasteiger partial charge in [-0.15, -0.1) is 0 Å². The van der Waals surface area contributed by atoms with Crippen LogP contribution in [-0.2, 0) is 6.54 Å². The van der Waals surface area contributed by atoms with Crippen molar-refractivity contribution in [1.82, 2.24) is 5.32 Å². The molecule has 0 saturated carbocycles. The quantitative estimate of drug-likeness (QED) is 0.525. The lowest BCUT2D eigenvalue weighted by Crippen LogP contribution is -2.20. The van der Waals surface area contributed by atoms with Gasteiger partial charge in [-0.2, -0.15) is 0 Å². The highest BCUT2D eigenvalue weighted by Crippen LogP contribution is 2.36. The molecule has 3 aromatic rings. The lowest BCUT2D eigenvalue weighted by molar-refractivity contribution is 0.296. The molecule has 3 rings (SSSR count). The molecule has 0 unspecified atom stereocenters. The molecule has 0 aliphatic heterocycles. The summed E-state index contributed by atoms with van der Waals surface area (Å²) in [5, 5.41) is 13.1. The van der Waals surface area contributed by atoms with Gasteiger partial charge in [-0.25, -0.2) is 0 Å². The molecule has 3 aromatic carbocycles. The summed E-state index contributed by atoms with van der Waals surface area (Å²) >= 11 is 1.70. The van der Waals surface area contributed by atoms with E-state index in [9.17, 15) is 5.11 Å². The number of rotatable bonds is 9. The van der Waals surface area contributed by atoms with Crippen molar-refractivity contribution in [2.75, 3.05) is 20.3 Å². The van der Waals surface area contributed by atoms with E-state index < -0.39 is 0 Å². The Labute approximate surface area is 164 Å². The third kappa shape index (κ3) is 5.42. The maximum Gasteiger partial charge on any atom is 0.160 e. The number of para-hydroxylation sites is 3. The van der Waals surface area contributed by atoms with Gasteiger partial charge in [-0.05, 0) is 35.9 Å². The molecule has 0 radical (unpaired) electrons. The van der Waals surface area contributed by atoms with Crippen molar-refractivity contribution < 1.29 is 14.6 Å². The summed E-state index contributed by atoms with van der Waals surface area (Å²) in [6.45, 7) is 1.91. The SMILES string of the molecule is COc1ccccc1Sc1ccccc1CNCCOc1ccccc1O. The Morgan fingerprint density at radius 1 is 0.852 bits per heavy atom. The van der Waals surface area contributed by atoms with E-state index in [1.807, 2.05) is 36.4 Å². The minimum absolute atomic E-state index is 0.163. The first-order chi connectivity index (χ1) is 13.3. The van der Waals surface area contributed by atoms with Gasteiger partial charge in [0.2, 0.25) is 0 Å². The molecule has 4 nitrogen and oxygen atoms in total. The molecule has 0 atom stereocenters. The van der Waals surface area contributed by atoms with Crippen LogP contribution in [-0.4, -0.2) is 25.4 Å². The second kappa shape index (κ2) is 9.90. The number of benzene rings is 3. The van der Waals surface area contributed by atoms with Crippen LogP contribution in [0, 0.1) is 0 Å². The zero-order valence-corrected chi connectivity index (χ0v) is 16.0. The fourth-order valence-corrected chi connectivity index (χ4v) is 3.66. The Balaban J connectivity index is 1.54. The molecule has 0 aliphatic carbocycles. The van der Waals surface area contributed by atoms with Gasteiger partial charge in [-0.1, -0.05) is 54.2 Å². The maximum absolute atomic E-state index is 9.71. The highest BCUT2D eigenvalue weighted by Gasteiger charge is 2.08. The molecule has 0 amide bonds. The smallest absolute Gasteiger partial charge is 0.160 e. The first kappa shape index (κ1) is 19.1. The van der Waals surface area contributed by atoms with Gasteiger partial charge in [0, 0.05) is 18.0 Å². The predicted molar refractivity (Wildman–Crippen MR) is 109 cm³/mol. The van der Waals surface area contributed by atoms with Crippen LogP contribution in [0.3, 0.4) is 0 Å². The monoisotopic (exact) mass is 381 g/mol. The number of aromatic hydroxyl groups is 1. The standard InChI is InChI=1S/C22H23NO3S/c1-25-20-11-5-7-13-22(20)27-21-12-6-2-8-17(21)16-23-14-15-26-19-10-4-3-9-18(19)24/h2-13,23-24H,14-16H2,1H3. The van der Waals surface area contributed by atoms with Crippen LogP contribution >= 0.6 is 11.8 Å². The molecule has 0 spiro atoms. The molecule has 5 heteroatoms. The first-order valence-corrected chi connectivity index (χ1v) is 9.60. The summed E-state index contributed by atoms with van der Waals surface area (Å²) in [6, 6.07) is 23.3. The maximum atomic E-state index is 9.71. The Bertz CT molecular complexity index is 869. The lowest BCUT2D eigenvalue weighted by atomic mass is 10.2. The molecule has 2 N–H and O–H groups in total. The van der Waals surface area contributed by atoms with Gasteiger partial charge in [0.25, 0.3) is 0 Å². The van der Waals surface area contributed by atoms with Gasteiger partial charge in [0.1, 0.15) is 12.4 Å². The van der Waals surface area contributed by atoms with E-state index in [2.05, 4.69) is 23.5 Å². The van der Waals surface area contributed by atoms with E-state index in [-0.39, 0.29) is 5.75 Å². The van der Waals surface area contributed by atoms with E-state index in [0.29, 0.717) is 18.9 Å². The second-order valence-corrected chi connectivity index (χ2v) is 6.94. The van der Waals surface area contributed by atoms with Crippen LogP contribution in [0.4, 0.5) is 0 Å². The summed E-state index contributed by atoms with van der Waals surface area (Å²) < 4.78 is 11.0. The van der Waals surface area contributed by atoms with Gasteiger partial charge in [-0.3, -0.25) is 0 Å². The van der Waals surface area contributed by atoms with Crippen molar-refractivity contribution in [2.45, 2.75) is 16.3 Å². The summed E-state index contributed by atoms with van der Waals surface area (Å²) in [4.78, 5) is 2.28. The van der Waals surface area contributed by atoms with Gasteiger partial charge in [0.15, 0.2) is 11.5 Å². The number of nitrogens with one attached hydrogen (secondary N) is 1. The number of hydrogen-bond donors (Lipinski definition) is 2. The van der Waals surface area contributed by atoms with E-state index in [1.165, 1.54) is 10.5 Å². The third-order valence-corrected chi connectivity index (χ3v) is 5.15. The molecule has 0 bridgehead atoms. The van der Waals surface area contributed by atoms with Crippen molar-refractivity contribution in [3.63, 3.8) is 0 Å². The van der Waals surface area contributed by atoms with Crippen molar-refractivity contribution in [2.24, 2.45) is 0 Å². The van der Waals surface area contributed by atoms with Crippen molar-refractivity contribution in [3.05, 3.63) is 78.4 Å². The number of ether oxygens (including phenoxy) is 2. The molecule has 0 fully saturated rings. The van der Waals surface area contributed by atoms with Gasteiger partial charge >= 0.3 is 0 Å². The zero-order valence-electron chi connectivity index (χ0n) is 15.2. The molecule has 140 valence electrons. The Morgan fingerprint density at radius 2 is 1.52 bits per heavy atom. The third-order valence-electron chi connectivity index (χ3n) is 3.98. The van der Waals surface area contributed by atoms with Crippen LogP contribution < -0.4 is 14.8 Å². The average molecular weight is 381 g/mol. The number of phenols is 1. The molecule has 0 heterocycles. The molecular weight excluding hydrogens is 358 g/mol. The largest absolute Gasteiger partial charge is 0.504 e. The summed E-state index contributed by atoms with van der Waals surface area (Å²) in [5.41, 5.74) is 1.22. The van der Waals surface area contributed by atoms with E-state index in [0.717, 1.165) is 17.2 Å². The van der Waals surface area contributed by atoms with Crippen molar-refractivity contribution in [3.8, 4) is 17.2 Å². The lowest BCUT2D eigenvalue weighted by Gasteiger charge is -2.13. The molecular formula is C22H23NO3S. The first-order valence-electron chi connectivity index (χ1n) is 8.78. The molecule has 27 heavy (non-hydrogen) atoms. The minimum Gasteiger partial charge on any atom is -0.504 e. The van der Waals surface area contributed by atoms with Crippen LogP contribution in [0.2, 0.25) is 0 Å². The van der Waals surface area contributed by atoms with Gasteiger partial charge < -0.3 is 19.9 Å². The van der Waals surface area contributed by atoms with Gasteiger partial charge in [0.05, 0.1) is 12.0 Å². The number of phenolic OH excluding ortho intramolecular Hbond substituents is 1.